The van der Waals surface area contributed by atoms with Gasteiger partial charge in [0.1, 0.15) is 0 Å². The molecule has 144 valence electrons. The maximum Gasteiger partial charge on any atom is 0.270 e. The average Bonchev–Trinajstić information content (AvgIpc) is 3.26. The number of imidazole rings is 1. The molecule has 0 fully saturated rings. The van der Waals surface area contributed by atoms with Crippen molar-refractivity contribution in [3.8, 4) is 5.69 Å². The smallest absolute Gasteiger partial charge is 0.270 e. The van der Waals surface area contributed by atoms with Crippen molar-refractivity contribution >= 4 is 34.5 Å². The Bertz CT molecular complexity index is 1200. The maximum absolute atomic E-state index is 12.6. The van der Waals surface area contributed by atoms with Crippen molar-refractivity contribution in [2.24, 2.45) is 0 Å². The van der Waals surface area contributed by atoms with Gasteiger partial charge in [0.05, 0.1) is 11.1 Å². The Morgan fingerprint density at radius 3 is 2.62 bits per heavy atom. The van der Waals surface area contributed by atoms with Crippen LogP contribution in [0.5, 0.6) is 0 Å². The van der Waals surface area contributed by atoms with Crippen molar-refractivity contribution in [3.63, 3.8) is 0 Å². The highest BCUT2D eigenvalue weighted by Crippen LogP contribution is 2.19. The molecule has 2 aromatic heterocycles. The summed E-state index contributed by atoms with van der Waals surface area (Å²) in [6.07, 6.45) is 7.15. The van der Waals surface area contributed by atoms with E-state index in [9.17, 15) is 9.59 Å². The van der Waals surface area contributed by atoms with Crippen LogP contribution in [0, 0.1) is 0 Å². The van der Waals surface area contributed by atoms with Crippen LogP contribution in [-0.2, 0) is 0 Å². The van der Waals surface area contributed by atoms with E-state index in [1.54, 1.807) is 48.8 Å². The van der Waals surface area contributed by atoms with E-state index in [0.717, 1.165) is 10.8 Å². The summed E-state index contributed by atoms with van der Waals surface area (Å²) in [7, 11) is 0. The number of pyridine rings is 1. The van der Waals surface area contributed by atoms with Crippen LogP contribution in [0.3, 0.4) is 0 Å². The minimum atomic E-state index is -0.413. The number of thioether (sulfide) groups is 1. The number of benzene rings is 2. The molecule has 8 heteroatoms. The SMILES string of the molecule is CSc1nccn1-c1cccc(C(=O)NNC(=O)c2cccc3ncccc23)c1. The van der Waals surface area contributed by atoms with Gasteiger partial charge in [-0.05, 0) is 42.7 Å². The first kappa shape index (κ1) is 18.7. The van der Waals surface area contributed by atoms with Gasteiger partial charge in [0, 0.05) is 35.2 Å². The Balaban J connectivity index is 1.50. The molecule has 2 heterocycles. The van der Waals surface area contributed by atoms with E-state index in [-0.39, 0.29) is 0 Å². The molecule has 2 N–H and O–H groups in total. The fourth-order valence-corrected chi connectivity index (χ4v) is 3.52. The summed E-state index contributed by atoms with van der Waals surface area (Å²) in [5.74, 6) is -0.822. The molecule has 0 radical (unpaired) electrons. The number of rotatable bonds is 4. The molecule has 0 spiro atoms. The largest absolute Gasteiger partial charge is 0.295 e. The normalized spacial score (nSPS) is 10.7. The number of carbonyl (C=O) groups is 2. The van der Waals surface area contributed by atoms with Gasteiger partial charge in [-0.25, -0.2) is 4.98 Å². The molecule has 0 aliphatic rings. The summed E-state index contributed by atoms with van der Waals surface area (Å²) in [5, 5.41) is 1.54. The second kappa shape index (κ2) is 8.15. The van der Waals surface area contributed by atoms with E-state index < -0.39 is 11.8 Å². The van der Waals surface area contributed by atoms with Crippen molar-refractivity contribution in [1.82, 2.24) is 25.4 Å². The van der Waals surface area contributed by atoms with Crippen molar-refractivity contribution in [2.45, 2.75) is 5.16 Å². The molecule has 0 aliphatic heterocycles. The monoisotopic (exact) mass is 403 g/mol. The summed E-state index contributed by atoms with van der Waals surface area (Å²) in [5.41, 5.74) is 7.33. The molecule has 0 aliphatic carbocycles. The van der Waals surface area contributed by atoms with Gasteiger partial charge in [-0.15, -0.1) is 0 Å². The zero-order valence-corrected chi connectivity index (χ0v) is 16.3. The van der Waals surface area contributed by atoms with Gasteiger partial charge in [-0.1, -0.05) is 30.0 Å². The van der Waals surface area contributed by atoms with E-state index in [1.807, 2.05) is 35.2 Å². The van der Waals surface area contributed by atoms with Crippen LogP contribution >= 0.6 is 11.8 Å². The summed E-state index contributed by atoms with van der Waals surface area (Å²) in [6, 6.07) is 16.0. The molecule has 0 bridgehead atoms. The van der Waals surface area contributed by atoms with Crippen LogP contribution in [0.15, 0.2) is 78.3 Å². The summed E-state index contributed by atoms with van der Waals surface area (Å²) >= 11 is 1.51. The van der Waals surface area contributed by atoms with Gasteiger partial charge >= 0.3 is 0 Å². The standard InChI is InChI=1S/C21H17N5O2S/c1-29-21-23-11-12-26(21)15-6-2-5-14(13-15)19(27)24-25-20(28)17-7-3-9-18-16(17)8-4-10-22-18/h2-13H,1H3,(H,24,27)(H,25,28). The van der Waals surface area contributed by atoms with Crippen molar-refractivity contribution < 1.29 is 9.59 Å². The maximum atomic E-state index is 12.6. The number of nitrogens with one attached hydrogen (secondary N) is 2. The Hall–Kier alpha value is -3.65. The van der Waals surface area contributed by atoms with E-state index in [4.69, 9.17) is 0 Å². The molecule has 29 heavy (non-hydrogen) atoms. The second-order valence-corrected chi connectivity index (χ2v) is 6.89. The topological polar surface area (TPSA) is 88.9 Å². The highest BCUT2D eigenvalue weighted by atomic mass is 32.2. The zero-order chi connectivity index (χ0) is 20.2. The Morgan fingerprint density at radius 2 is 1.76 bits per heavy atom. The molecule has 2 amide bonds. The molecule has 0 saturated carbocycles. The minimum Gasteiger partial charge on any atom is -0.295 e. The average molecular weight is 403 g/mol. The predicted octanol–water partition coefficient (Wildman–Crippen LogP) is 3.22. The van der Waals surface area contributed by atoms with Crippen LogP contribution in [0.4, 0.5) is 0 Å². The molecule has 7 nitrogen and oxygen atoms in total. The number of aromatic nitrogens is 3. The first-order chi connectivity index (χ1) is 14.2. The highest BCUT2D eigenvalue weighted by molar-refractivity contribution is 7.98. The van der Waals surface area contributed by atoms with Crippen molar-refractivity contribution in [1.29, 1.82) is 0 Å². The number of fused-ring (bicyclic) bond motifs is 1. The Morgan fingerprint density at radius 1 is 0.931 bits per heavy atom. The lowest BCUT2D eigenvalue weighted by Gasteiger charge is -2.11. The van der Waals surface area contributed by atoms with Crippen LogP contribution < -0.4 is 10.9 Å². The van der Waals surface area contributed by atoms with E-state index in [0.29, 0.717) is 22.0 Å². The number of amides is 2. The number of nitrogens with zero attached hydrogens (tertiary/aromatic N) is 3. The first-order valence-electron chi connectivity index (χ1n) is 8.79. The van der Waals surface area contributed by atoms with Gasteiger partial charge in [-0.3, -0.25) is 30.0 Å². The molecule has 0 unspecified atom stereocenters. The fraction of sp³-hybridized carbons (Fsp3) is 0.0476. The molecule has 0 saturated heterocycles. The molecule has 0 atom stereocenters. The first-order valence-corrected chi connectivity index (χ1v) is 10.0. The Kier molecular flexibility index (Phi) is 5.26. The third-order valence-corrected chi connectivity index (χ3v) is 5.02. The number of hydrazine groups is 1. The molecule has 4 rings (SSSR count). The van der Waals surface area contributed by atoms with E-state index in [1.165, 1.54) is 11.8 Å². The predicted molar refractivity (Wildman–Crippen MR) is 112 cm³/mol. The molecular weight excluding hydrogens is 386 g/mol. The van der Waals surface area contributed by atoms with Gasteiger partial charge in [0.25, 0.3) is 11.8 Å². The molecule has 4 aromatic rings. The lowest BCUT2D eigenvalue weighted by molar-refractivity contribution is 0.0847. The number of carbonyl (C=O) groups excluding carboxylic acids is 2. The third kappa shape index (κ3) is 3.83. The summed E-state index contributed by atoms with van der Waals surface area (Å²) < 4.78 is 1.89. The summed E-state index contributed by atoms with van der Waals surface area (Å²) in [6.45, 7) is 0. The molecular formula is C21H17N5O2S. The van der Waals surface area contributed by atoms with Crippen LogP contribution in [0.1, 0.15) is 20.7 Å². The van der Waals surface area contributed by atoms with Crippen molar-refractivity contribution in [3.05, 3.63) is 84.3 Å². The fourth-order valence-electron chi connectivity index (χ4n) is 2.99. The highest BCUT2D eigenvalue weighted by Gasteiger charge is 2.13. The van der Waals surface area contributed by atoms with Gasteiger partial charge < -0.3 is 0 Å². The zero-order valence-electron chi connectivity index (χ0n) is 15.5. The second-order valence-electron chi connectivity index (χ2n) is 6.12. The number of hydrogen-bond acceptors (Lipinski definition) is 5. The van der Waals surface area contributed by atoms with E-state index >= 15 is 0 Å². The van der Waals surface area contributed by atoms with Crippen LogP contribution in [-0.4, -0.2) is 32.6 Å². The lowest BCUT2D eigenvalue weighted by atomic mass is 10.1. The van der Waals surface area contributed by atoms with Crippen LogP contribution in [0.2, 0.25) is 0 Å². The number of hydrogen-bond donors (Lipinski definition) is 2. The quantitative estimate of drug-likeness (QED) is 0.403. The van der Waals surface area contributed by atoms with Gasteiger partial charge in [0.2, 0.25) is 0 Å². The Labute approximate surface area is 171 Å². The van der Waals surface area contributed by atoms with Crippen LogP contribution in [0.25, 0.3) is 16.6 Å². The molecule has 2 aromatic carbocycles. The van der Waals surface area contributed by atoms with Gasteiger partial charge in [0.15, 0.2) is 5.16 Å². The summed E-state index contributed by atoms with van der Waals surface area (Å²) in [4.78, 5) is 33.6. The minimum absolute atomic E-state index is 0.410. The van der Waals surface area contributed by atoms with Gasteiger partial charge in [-0.2, -0.15) is 0 Å². The van der Waals surface area contributed by atoms with E-state index in [2.05, 4.69) is 20.8 Å². The lowest BCUT2D eigenvalue weighted by Crippen LogP contribution is -2.41. The van der Waals surface area contributed by atoms with Crippen molar-refractivity contribution in [2.75, 3.05) is 6.26 Å². The third-order valence-electron chi connectivity index (χ3n) is 4.36.